The number of nitrogens with one attached hydrogen (secondary N) is 1. The fourth-order valence-electron chi connectivity index (χ4n) is 2.11. The predicted molar refractivity (Wildman–Crippen MR) is 100 cm³/mol. The molecule has 2 aromatic carbocycles. The van der Waals surface area contributed by atoms with Crippen LogP contribution >= 0.6 is 11.3 Å². The quantitative estimate of drug-likeness (QED) is 0.616. The number of ether oxygens (including phenoxy) is 2. The maximum absolute atomic E-state index is 7.04. The lowest BCUT2D eigenvalue weighted by atomic mass is 10.1. The Morgan fingerprint density at radius 1 is 1.04 bits per heavy atom. The summed E-state index contributed by atoms with van der Waals surface area (Å²) in [7, 11) is 0. The van der Waals surface area contributed by atoms with Crippen LogP contribution in [0.4, 0.5) is 0 Å². The van der Waals surface area contributed by atoms with Crippen molar-refractivity contribution in [2.75, 3.05) is 0 Å². The van der Waals surface area contributed by atoms with Gasteiger partial charge in [0.15, 0.2) is 0 Å². The molecule has 1 heterocycles. The van der Waals surface area contributed by atoms with Gasteiger partial charge in [0.1, 0.15) is 23.9 Å². The van der Waals surface area contributed by atoms with Gasteiger partial charge in [-0.15, -0.1) is 11.3 Å². The number of rotatable bonds is 7. The molecular formula is C19H17N3O2S. The third kappa shape index (κ3) is 4.68. The van der Waals surface area contributed by atoms with E-state index < -0.39 is 0 Å². The number of allylic oxidation sites excluding steroid dienone is 1. The highest BCUT2D eigenvalue weighted by Gasteiger charge is 2.02. The first-order chi connectivity index (χ1) is 12.2. The lowest BCUT2D eigenvalue weighted by Crippen LogP contribution is -1.96. The van der Waals surface area contributed by atoms with Crippen LogP contribution in [0.2, 0.25) is 0 Å². The van der Waals surface area contributed by atoms with Gasteiger partial charge in [-0.1, -0.05) is 0 Å². The fourth-order valence-corrected chi connectivity index (χ4v) is 2.62. The Bertz CT molecular complexity index is 841. The lowest BCUT2D eigenvalue weighted by molar-refractivity contribution is 0.309. The molecule has 25 heavy (non-hydrogen) atoms. The summed E-state index contributed by atoms with van der Waals surface area (Å²) < 4.78 is 11.5. The van der Waals surface area contributed by atoms with E-state index in [0.29, 0.717) is 18.1 Å². The molecule has 5 nitrogen and oxygen atoms in total. The maximum atomic E-state index is 7.04. The van der Waals surface area contributed by atoms with Crippen molar-refractivity contribution in [3.63, 3.8) is 0 Å². The Kier molecular flexibility index (Phi) is 5.43. The molecular weight excluding hydrogens is 334 g/mol. The second-order valence-corrected chi connectivity index (χ2v) is 6.11. The van der Waals surface area contributed by atoms with E-state index in [1.807, 2.05) is 48.5 Å². The van der Waals surface area contributed by atoms with Gasteiger partial charge in [-0.05, 0) is 60.2 Å². The summed E-state index contributed by atoms with van der Waals surface area (Å²) >= 11 is 1.57. The van der Waals surface area contributed by atoms with Gasteiger partial charge in [-0.2, -0.15) is 0 Å². The van der Waals surface area contributed by atoms with Crippen LogP contribution in [0.5, 0.6) is 17.2 Å². The van der Waals surface area contributed by atoms with Gasteiger partial charge in [0.05, 0.1) is 10.4 Å². The van der Waals surface area contributed by atoms with Crippen LogP contribution in [-0.4, -0.2) is 11.2 Å². The van der Waals surface area contributed by atoms with Crippen LogP contribution in [0, 0.1) is 5.41 Å². The van der Waals surface area contributed by atoms with Gasteiger partial charge >= 0.3 is 0 Å². The molecule has 3 rings (SSSR count). The van der Waals surface area contributed by atoms with E-state index in [4.69, 9.17) is 20.6 Å². The van der Waals surface area contributed by atoms with Crippen LogP contribution in [0.15, 0.2) is 66.3 Å². The average Bonchev–Trinajstić information content (AvgIpc) is 3.15. The van der Waals surface area contributed by atoms with Crippen molar-refractivity contribution in [3.8, 4) is 17.2 Å². The Balaban J connectivity index is 1.59. The molecule has 0 aliphatic carbocycles. The van der Waals surface area contributed by atoms with Crippen molar-refractivity contribution < 1.29 is 9.47 Å². The summed E-state index contributed by atoms with van der Waals surface area (Å²) in [5, 5.41) is 7.04. The molecule has 3 N–H and O–H groups in total. The summed E-state index contributed by atoms with van der Waals surface area (Å²) in [6.07, 6.45) is 4.51. The number of hydrogen-bond acceptors (Lipinski definition) is 6. The molecule has 126 valence electrons. The normalized spacial score (nSPS) is 11.1. The van der Waals surface area contributed by atoms with E-state index in [1.165, 1.54) is 6.21 Å². The summed E-state index contributed by atoms with van der Waals surface area (Å²) in [6.45, 7) is 0.511. The number of hydrogen-bond donors (Lipinski definition) is 2. The smallest absolute Gasteiger partial charge is 0.127 e. The molecule has 0 aliphatic heterocycles. The zero-order valence-corrected chi connectivity index (χ0v) is 14.2. The van der Waals surface area contributed by atoms with Crippen molar-refractivity contribution in [1.29, 1.82) is 5.41 Å². The second-order valence-electron chi connectivity index (χ2n) is 5.14. The molecule has 0 atom stereocenters. The van der Waals surface area contributed by atoms with Crippen LogP contribution in [0.25, 0.3) is 5.70 Å². The zero-order valence-electron chi connectivity index (χ0n) is 13.4. The minimum Gasteiger partial charge on any atom is -0.488 e. The first-order valence-corrected chi connectivity index (χ1v) is 8.47. The van der Waals surface area contributed by atoms with E-state index in [1.54, 1.807) is 29.1 Å². The number of nitrogens with two attached hydrogens (primary N) is 1. The van der Waals surface area contributed by atoms with Crippen LogP contribution in [-0.2, 0) is 6.61 Å². The number of nitrogens with zero attached hydrogens (tertiary/aromatic N) is 1. The van der Waals surface area contributed by atoms with E-state index >= 15 is 0 Å². The molecule has 0 radical (unpaired) electrons. The first kappa shape index (κ1) is 16.7. The molecule has 0 fully saturated rings. The Morgan fingerprint density at radius 2 is 1.68 bits per heavy atom. The van der Waals surface area contributed by atoms with Crippen LogP contribution in [0.1, 0.15) is 10.4 Å². The SMILES string of the molecule is N=C/C=C(\N)c1ccc(Oc2ccc(OCc3cncs3)cc2)cc1. The van der Waals surface area contributed by atoms with Crippen molar-refractivity contribution >= 4 is 23.2 Å². The third-order valence-corrected chi connectivity index (χ3v) is 4.13. The van der Waals surface area contributed by atoms with Crippen LogP contribution < -0.4 is 15.2 Å². The largest absolute Gasteiger partial charge is 0.488 e. The standard InChI is InChI=1S/C19H17N3O2S/c20-10-9-19(21)14-1-3-16(4-2-14)24-17-7-5-15(6-8-17)23-12-18-11-22-13-25-18/h1-11,13,20H,12,21H2/b19-9-,20-10?. The Morgan fingerprint density at radius 3 is 2.28 bits per heavy atom. The van der Waals surface area contributed by atoms with Gasteiger partial charge < -0.3 is 20.6 Å². The van der Waals surface area contributed by atoms with Gasteiger partial charge in [0.2, 0.25) is 0 Å². The van der Waals surface area contributed by atoms with E-state index in [9.17, 15) is 0 Å². The zero-order chi connectivity index (χ0) is 17.5. The van der Waals surface area contributed by atoms with E-state index in [0.717, 1.165) is 21.9 Å². The lowest BCUT2D eigenvalue weighted by Gasteiger charge is -2.09. The highest BCUT2D eigenvalue weighted by Crippen LogP contribution is 2.25. The molecule has 0 saturated heterocycles. The highest BCUT2D eigenvalue weighted by molar-refractivity contribution is 7.09. The predicted octanol–water partition coefficient (Wildman–Crippen LogP) is 4.46. The molecule has 6 heteroatoms. The molecule has 3 aromatic rings. The Hall–Kier alpha value is -3.12. The van der Waals surface area contributed by atoms with E-state index in [2.05, 4.69) is 4.98 Å². The summed E-state index contributed by atoms with van der Waals surface area (Å²) in [5.41, 5.74) is 9.02. The van der Waals surface area contributed by atoms with Crippen molar-refractivity contribution in [2.24, 2.45) is 5.73 Å². The molecule has 0 unspecified atom stereocenters. The Labute approximate surface area is 149 Å². The first-order valence-electron chi connectivity index (χ1n) is 7.59. The molecule has 0 spiro atoms. The molecule has 0 amide bonds. The minimum absolute atomic E-state index is 0.511. The number of benzene rings is 2. The molecule has 0 bridgehead atoms. The molecule has 0 aliphatic rings. The molecule has 0 saturated carbocycles. The average molecular weight is 351 g/mol. The van der Waals surface area contributed by atoms with Crippen LogP contribution in [0.3, 0.4) is 0 Å². The minimum atomic E-state index is 0.511. The number of thiazole rings is 1. The van der Waals surface area contributed by atoms with E-state index in [-0.39, 0.29) is 0 Å². The van der Waals surface area contributed by atoms with Crippen molar-refractivity contribution in [2.45, 2.75) is 6.61 Å². The second kappa shape index (κ2) is 8.12. The highest BCUT2D eigenvalue weighted by atomic mass is 32.1. The third-order valence-electron chi connectivity index (χ3n) is 3.37. The van der Waals surface area contributed by atoms with Gasteiger partial charge in [0, 0.05) is 18.1 Å². The van der Waals surface area contributed by atoms with Crippen molar-refractivity contribution in [1.82, 2.24) is 4.98 Å². The monoisotopic (exact) mass is 351 g/mol. The van der Waals surface area contributed by atoms with Gasteiger partial charge in [-0.3, -0.25) is 4.98 Å². The maximum Gasteiger partial charge on any atom is 0.127 e. The number of aromatic nitrogens is 1. The summed E-state index contributed by atoms with van der Waals surface area (Å²) in [4.78, 5) is 5.10. The topological polar surface area (TPSA) is 81.2 Å². The summed E-state index contributed by atoms with van der Waals surface area (Å²) in [6, 6.07) is 14.9. The van der Waals surface area contributed by atoms with Crippen molar-refractivity contribution in [3.05, 3.63) is 76.8 Å². The van der Waals surface area contributed by atoms with Gasteiger partial charge in [0.25, 0.3) is 0 Å². The van der Waals surface area contributed by atoms with Gasteiger partial charge in [-0.25, -0.2) is 0 Å². The summed E-state index contributed by atoms with van der Waals surface area (Å²) in [5.74, 6) is 2.21. The fraction of sp³-hybridized carbons (Fsp3) is 0.0526. The molecule has 1 aromatic heterocycles.